The molecule has 7 nitrogen and oxygen atoms in total. The zero-order chi connectivity index (χ0) is 20.4. The van der Waals surface area contributed by atoms with Crippen molar-refractivity contribution >= 4 is 47.6 Å². The van der Waals surface area contributed by atoms with Gasteiger partial charge in [-0.2, -0.15) is 5.10 Å². The van der Waals surface area contributed by atoms with Gasteiger partial charge in [0.05, 0.1) is 0 Å². The number of nitrogens with zero attached hydrogens (tertiary/aromatic N) is 3. The average Bonchev–Trinajstić information content (AvgIpc) is 3.29. The SMILES string of the molecule is O=C(Cn1c(-c2ccc(Cl)cc2)n[nH]c1=S)Nc1cccc(-n2cc[nH]c2=S)c1. The zero-order valence-corrected chi connectivity index (χ0v) is 17.3. The molecule has 10 heteroatoms. The number of halogens is 1. The van der Waals surface area contributed by atoms with Gasteiger partial charge in [-0.3, -0.25) is 19.0 Å². The summed E-state index contributed by atoms with van der Waals surface area (Å²) in [6, 6.07) is 14.6. The average molecular weight is 443 g/mol. The minimum atomic E-state index is -0.229. The van der Waals surface area contributed by atoms with Gasteiger partial charge in [-0.15, -0.1) is 0 Å². The van der Waals surface area contributed by atoms with Crippen LogP contribution < -0.4 is 5.32 Å². The summed E-state index contributed by atoms with van der Waals surface area (Å²) < 4.78 is 4.39. The monoisotopic (exact) mass is 442 g/mol. The van der Waals surface area contributed by atoms with Crippen molar-refractivity contribution in [2.75, 3.05) is 5.32 Å². The summed E-state index contributed by atoms with van der Waals surface area (Å²) in [5.74, 6) is 0.335. The van der Waals surface area contributed by atoms with Gasteiger partial charge in [-0.05, 0) is 66.9 Å². The van der Waals surface area contributed by atoms with Crippen LogP contribution in [-0.4, -0.2) is 30.2 Å². The number of imidazole rings is 1. The molecular formula is C19H15ClN6OS2. The van der Waals surface area contributed by atoms with E-state index in [1.165, 1.54) is 0 Å². The Bertz CT molecular complexity index is 1280. The standard InChI is InChI=1S/C19H15ClN6OS2/c20-13-6-4-12(5-7-13)17-23-24-19(29)26(17)11-16(27)22-14-2-1-3-15(10-14)25-9-8-21-18(25)28/h1-10H,11H2,(H,21,28)(H,22,27)(H,24,29). The molecule has 0 unspecified atom stereocenters. The van der Waals surface area contributed by atoms with Gasteiger partial charge in [0.15, 0.2) is 15.4 Å². The van der Waals surface area contributed by atoms with Gasteiger partial charge in [0.25, 0.3) is 0 Å². The third-order valence-corrected chi connectivity index (χ3v) is 5.10. The smallest absolute Gasteiger partial charge is 0.244 e. The minimum absolute atomic E-state index is 0.0150. The van der Waals surface area contributed by atoms with E-state index < -0.39 is 0 Å². The minimum Gasteiger partial charge on any atom is -0.337 e. The largest absolute Gasteiger partial charge is 0.337 e. The molecule has 0 saturated heterocycles. The second kappa shape index (κ2) is 8.16. The summed E-state index contributed by atoms with van der Waals surface area (Å²) in [6.45, 7) is 0.0150. The summed E-state index contributed by atoms with van der Waals surface area (Å²) in [4.78, 5) is 15.6. The fraction of sp³-hybridized carbons (Fsp3) is 0.0526. The molecule has 0 aliphatic rings. The van der Waals surface area contributed by atoms with Crippen molar-refractivity contribution in [3.8, 4) is 17.1 Å². The number of aromatic amines is 2. The summed E-state index contributed by atoms with van der Waals surface area (Å²) in [5.41, 5.74) is 2.30. The Morgan fingerprint density at radius 2 is 1.93 bits per heavy atom. The second-order valence-corrected chi connectivity index (χ2v) is 7.39. The lowest BCUT2D eigenvalue weighted by Gasteiger charge is -2.10. The van der Waals surface area contributed by atoms with Gasteiger partial charge in [-0.1, -0.05) is 17.7 Å². The zero-order valence-electron chi connectivity index (χ0n) is 14.9. The fourth-order valence-electron chi connectivity index (χ4n) is 2.88. The number of carbonyl (C=O) groups is 1. The first kappa shape index (κ1) is 19.3. The molecule has 1 amide bonds. The van der Waals surface area contributed by atoms with Gasteiger partial charge in [0.2, 0.25) is 5.91 Å². The normalized spacial score (nSPS) is 10.8. The van der Waals surface area contributed by atoms with Crippen molar-refractivity contribution in [2.24, 2.45) is 0 Å². The maximum absolute atomic E-state index is 12.7. The maximum Gasteiger partial charge on any atom is 0.244 e. The van der Waals surface area contributed by atoms with Crippen molar-refractivity contribution in [3.63, 3.8) is 0 Å². The molecule has 0 bridgehead atoms. The molecule has 3 N–H and O–H groups in total. The van der Waals surface area contributed by atoms with Gasteiger partial charge in [0.1, 0.15) is 6.54 Å². The van der Waals surface area contributed by atoms with Crippen molar-refractivity contribution in [2.45, 2.75) is 6.54 Å². The molecular weight excluding hydrogens is 428 g/mol. The van der Waals surface area contributed by atoms with Gasteiger partial charge < -0.3 is 10.3 Å². The van der Waals surface area contributed by atoms with Gasteiger partial charge >= 0.3 is 0 Å². The number of H-pyrrole nitrogens is 2. The van der Waals surface area contributed by atoms with Crippen molar-refractivity contribution in [1.82, 2.24) is 24.3 Å². The summed E-state index contributed by atoms with van der Waals surface area (Å²) in [7, 11) is 0. The maximum atomic E-state index is 12.7. The van der Waals surface area contributed by atoms with Crippen LogP contribution in [0.3, 0.4) is 0 Å². The number of benzene rings is 2. The highest BCUT2D eigenvalue weighted by molar-refractivity contribution is 7.71. The molecule has 146 valence electrons. The second-order valence-electron chi connectivity index (χ2n) is 6.18. The highest BCUT2D eigenvalue weighted by atomic mass is 35.5. The van der Waals surface area contributed by atoms with Crippen LogP contribution in [-0.2, 0) is 11.3 Å². The predicted octanol–water partition coefficient (Wildman–Crippen LogP) is 4.75. The Balaban J connectivity index is 1.55. The quantitative estimate of drug-likeness (QED) is 0.389. The Labute approximate surface area is 181 Å². The van der Waals surface area contributed by atoms with E-state index in [1.54, 1.807) is 22.9 Å². The molecule has 0 spiro atoms. The van der Waals surface area contributed by atoms with E-state index in [9.17, 15) is 4.79 Å². The number of anilines is 1. The van der Waals surface area contributed by atoms with E-state index in [0.29, 0.717) is 26.1 Å². The molecule has 2 heterocycles. The molecule has 0 saturated carbocycles. The first-order chi connectivity index (χ1) is 14.0. The Morgan fingerprint density at radius 3 is 2.66 bits per heavy atom. The van der Waals surface area contributed by atoms with E-state index in [1.807, 2.05) is 47.2 Å². The molecule has 4 aromatic rings. The molecule has 0 aliphatic heterocycles. The van der Waals surface area contributed by atoms with Gasteiger partial charge in [0, 0.05) is 34.4 Å². The first-order valence-electron chi connectivity index (χ1n) is 8.59. The van der Waals surface area contributed by atoms with Crippen LogP contribution in [0.5, 0.6) is 0 Å². The molecule has 29 heavy (non-hydrogen) atoms. The molecule has 0 atom stereocenters. The van der Waals surface area contributed by atoms with Crippen LogP contribution in [0.15, 0.2) is 60.9 Å². The van der Waals surface area contributed by atoms with E-state index in [4.69, 9.17) is 36.0 Å². The summed E-state index contributed by atoms with van der Waals surface area (Å²) >= 11 is 16.5. The number of hydrogen-bond donors (Lipinski definition) is 3. The van der Waals surface area contributed by atoms with Crippen LogP contribution in [0.2, 0.25) is 5.02 Å². The Morgan fingerprint density at radius 1 is 1.14 bits per heavy atom. The predicted molar refractivity (Wildman–Crippen MR) is 117 cm³/mol. The van der Waals surface area contributed by atoms with Crippen molar-refractivity contribution in [1.29, 1.82) is 0 Å². The third kappa shape index (κ3) is 4.21. The number of nitrogens with one attached hydrogen (secondary N) is 3. The van der Waals surface area contributed by atoms with Crippen LogP contribution in [0.25, 0.3) is 17.1 Å². The lowest BCUT2D eigenvalue weighted by atomic mass is 10.2. The fourth-order valence-corrected chi connectivity index (χ4v) is 3.44. The Hall–Kier alpha value is -3.01. The van der Waals surface area contributed by atoms with E-state index in [0.717, 1.165) is 11.3 Å². The molecule has 4 rings (SSSR count). The molecule has 0 radical (unpaired) electrons. The number of rotatable bonds is 5. The van der Waals surface area contributed by atoms with Crippen LogP contribution >= 0.6 is 36.0 Å². The molecule has 2 aromatic carbocycles. The Kier molecular flexibility index (Phi) is 5.43. The van der Waals surface area contributed by atoms with E-state index in [2.05, 4.69) is 20.5 Å². The molecule has 0 fully saturated rings. The van der Waals surface area contributed by atoms with E-state index >= 15 is 0 Å². The molecule has 2 aromatic heterocycles. The lowest BCUT2D eigenvalue weighted by Crippen LogP contribution is -2.19. The van der Waals surface area contributed by atoms with Crippen molar-refractivity contribution in [3.05, 3.63) is 75.5 Å². The number of hydrogen-bond acceptors (Lipinski definition) is 4. The third-order valence-electron chi connectivity index (χ3n) is 4.22. The lowest BCUT2D eigenvalue weighted by molar-refractivity contribution is -0.116. The van der Waals surface area contributed by atoms with Crippen LogP contribution in [0, 0.1) is 9.54 Å². The number of carbonyl (C=O) groups excluding carboxylic acids is 1. The van der Waals surface area contributed by atoms with Crippen molar-refractivity contribution < 1.29 is 4.79 Å². The molecule has 0 aliphatic carbocycles. The van der Waals surface area contributed by atoms with Crippen LogP contribution in [0.1, 0.15) is 0 Å². The number of aromatic nitrogens is 5. The highest BCUT2D eigenvalue weighted by Gasteiger charge is 2.13. The highest BCUT2D eigenvalue weighted by Crippen LogP contribution is 2.20. The number of amides is 1. The van der Waals surface area contributed by atoms with Gasteiger partial charge in [-0.25, -0.2) is 0 Å². The topological polar surface area (TPSA) is 83.4 Å². The van der Waals surface area contributed by atoms with Crippen LogP contribution in [0.4, 0.5) is 5.69 Å². The summed E-state index contributed by atoms with van der Waals surface area (Å²) in [5, 5.41) is 10.5. The first-order valence-corrected chi connectivity index (χ1v) is 9.78. The van der Waals surface area contributed by atoms with E-state index in [-0.39, 0.29) is 12.5 Å². The summed E-state index contributed by atoms with van der Waals surface area (Å²) in [6.07, 6.45) is 3.58.